The molecule has 1 heterocycles. The monoisotopic (exact) mass is 707 g/mol. The summed E-state index contributed by atoms with van der Waals surface area (Å²) >= 11 is 0. The van der Waals surface area contributed by atoms with E-state index in [1.165, 1.54) is 57.3 Å². The van der Waals surface area contributed by atoms with Crippen molar-refractivity contribution in [3.05, 3.63) is 123 Å². The molecule has 4 aromatic carbocycles. The second kappa shape index (κ2) is 17.4. The second-order valence-corrected chi connectivity index (χ2v) is 18.7. The smallest absolute Gasteiger partial charge is 0.126 e. The van der Waals surface area contributed by atoms with E-state index in [0.29, 0.717) is 6.10 Å². The summed E-state index contributed by atoms with van der Waals surface area (Å²) in [7, 11) is 1.71. The molecule has 0 bridgehead atoms. The van der Waals surface area contributed by atoms with Crippen LogP contribution in [0.25, 0.3) is 0 Å². The molecule has 0 aromatic heterocycles. The van der Waals surface area contributed by atoms with Gasteiger partial charge in [-0.05, 0) is 101 Å². The molecule has 3 nitrogen and oxygen atoms in total. The van der Waals surface area contributed by atoms with Crippen LogP contribution in [0.1, 0.15) is 140 Å². The molecule has 6 rings (SSSR count). The predicted octanol–water partition coefficient (Wildman–Crippen LogP) is 13.3. The van der Waals surface area contributed by atoms with Gasteiger partial charge in [-0.2, -0.15) is 0 Å². The van der Waals surface area contributed by atoms with Gasteiger partial charge >= 0.3 is 0 Å². The number of rotatable bonds is 3. The van der Waals surface area contributed by atoms with Crippen LogP contribution in [0.2, 0.25) is 0 Å². The van der Waals surface area contributed by atoms with E-state index >= 15 is 0 Å². The van der Waals surface area contributed by atoms with Crippen LogP contribution < -0.4 is 14.2 Å². The van der Waals surface area contributed by atoms with Gasteiger partial charge in [0.05, 0.1) is 19.8 Å². The van der Waals surface area contributed by atoms with Crippen LogP contribution in [0.15, 0.2) is 78.9 Å². The van der Waals surface area contributed by atoms with Crippen molar-refractivity contribution in [1.82, 2.24) is 0 Å². The lowest BCUT2D eigenvalue weighted by atomic mass is 9.83. The maximum Gasteiger partial charge on any atom is 0.126 e. The van der Waals surface area contributed by atoms with Gasteiger partial charge in [-0.25, -0.2) is 0 Å². The zero-order valence-corrected chi connectivity index (χ0v) is 35.6. The maximum absolute atomic E-state index is 5.94. The molecule has 1 saturated carbocycles. The lowest BCUT2D eigenvalue weighted by Crippen LogP contribution is -2.14. The predicted molar refractivity (Wildman–Crippen MR) is 224 cm³/mol. The third-order valence-electron chi connectivity index (χ3n) is 9.40. The van der Waals surface area contributed by atoms with Crippen molar-refractivity contribution in [3.8, 4) is 17.2 Å². The minimum atomic E-state index is 0.159. The number of aryl methyl sites for hydroxylation is 3. The number of para-hydroxylation sites is 2. The molecule has 0 amide bonds. The SMILES string of the molecule is CC(C)(C)c1cccc2c1OCC2.COc1ccccc1C(C)(C)C.Cc1ccc(C)c(C(C)(C)C)c1.Cc1ccc(OC2CC2)c(C(C)(C)C)c1. The number of methoxy groups -OCH3 is 1. The van der Waals surface area contributed by atoms with E-state index in [-0.39, 0.29) is 21.7 Å². The fraction of sp³-hybridized carbons (Fsp3) is 0.510. The Labute approximate surface area is 318 Å². The van der Waals surface area contributed by atoms with Gasteiger partial charge in [-0.15, -0.1) is 0 Å². The van der Waals surface area contributed by atoms with E-state index in [0.717, 1.165) is 30.3 Å². The van der Waals surface area contributed by atoms with Crippen molar-refractivity contribution < 1.29 is 14.2 Å². The molecule has 1 aliphatic carbocycles. The summed E-state index contributed by atoms with van der Waals surface area (Å²) in [4.78, 5) is 0. The van der Waals surface area contributed by atoms with Crippen LogP contribution in [0, 0.1) is 20.8 Å². The first-order valence-electron chi connectivity index (χ1n) is 19.3. The molecule has 0 spiro atoms. The molecule has 0 unspecified atom stereocenters. The van der Waals surface area contributed by atoms with E-state index < -0.39 is 0 Å². The number of benzene rings is 4. The number of hydrogen-bond donors (Lipinski definition) is 0. The Bertz CT molecular complexity index is 1730. The average molecular weight is 707 g/mol. The summed E-state index contributed by atoms with van der Waals surface area (Å²) < 4.78 is 16.9. The lowest BCUT2D eigenvalue weighted by Gasteiger charge is -2.23. The molecule has 0 radical (unpaired) electrons. The van der Waals surface area contributed by atoms with E-state index in [2.05, 4.69) is 165 Å². The summed E-state index contributed by atoms with van der Waals surface area (Å²) in [5.74, 6) is 3.19. The first-order chi connectivity index (χ1) is 24.0. The maximum atomic E-state index is 5.94. The third kappa shape index (κ3) is 12.7. The van der Waals surface area contributed by atoms with Crippen LogP contribution in [0.5, 0.6) is 17.2 Å². The fourth-order valence-corrected chi connectivity index (χ4v) is 6.31. The van der Waals surface area contributed by atoms with Crippen LogP contribution in [-0.4, -0.2) is 19.8 Å². The van der Waals surface area contributed by atoms with Gasteiger partial charge < -0.3 is 14.2 Å². The number of hydrogen-bond acceptors (Lipinski definition) is 3. The molecule has 0 N–H and O–H groups in total. The van der Waals surface area contributed by atoms with Crippen LogP contribution in [-0.2, 0) is 28.1 Å². The topological polar surface area (TPSA) is 27.7 Å². The molecule has 2 aliphatic rings. The first kappa shape index (κ1) is 42.7. The van der Waals surface area contributed by atoms with E-state index in [4.69, 9.17) is 14.2 Å². The zero-order valence-electron chi connectivity index (χ0n) is 35.6. The highest BCUT2D eigenvalue weighted by Crippen LogP contribution is 2.38. The second-order valence-electron chi connectivity index (χ2n) is 18.7. The summed E-state index contributed by atoms with van der Waals surface area (Å²) in [6.07, 6.45) is 3.99. The van der Waals surface area contributed by atoms with E-state index in [1.54, 1.807) is 7.11 Å². The van der Waals surface area contributed by atoms with Crippen molar-refractivity contribution in [2.75, 3.05) is 13.7 Å². The molecule has 1 fully saturated rings. The highest BCUT2D eigenvalue weighted by molar-refractivity contribution is 5.47. The molecule has 0 atom stereocenters. The van der Waals surface area contributed by atoms with Gasteiger partial charge in [0.25, 0.3) is 0 Å². The minimum absolute atomic E-state index is 0.159. The van der Waals surface area contributed by atoms with Crippen molar-refractivity contribution in [2.24, 2.45) is 0 Å². The highest BCUT2D eigenvalue weighted by Gasteiger charge is 2.27. The molecule has 52 heavy (non-hydrogen) atoms. The van der Waals surface area contributed by atoms with Gasteiger partial charge in [-0.1, -0.05) is 161 Å². The largest absolute Gasteiger partial charge is 0.496 e. The van der Waals surface area contributed by atoms with Crippen LogP contribution in [0.4, 0.5) is 0 Å². The van der Waals surface area contributed by atoms with Crippen LogP contribution in [0.3, 0.4) is 0 Å². The minimum Gasteiger partial charge on any atom is -0.496 e. The molecule has 0 saturated heterocycles. The number of fused-ring (bicyclic) bond motifs is 1. The van der Waals surface area contributed by atoms with Gasteiger partial charge in [0.15, 0.2) is 0 Å². The molecular formula is C49H70O3. The van der Waals surface area contributed by atoms with Crippen molar-refractivity contribution in [2.45, 2.75) is 151 Å². The third-order valence-corrected chi connectivity index (χ3v) is 9.40. The first-order valence-corrected chi connectivity index (χ1v) is 19.3. The Morgan fingerprint density at radius 2 is 1.06 bits per heavy atom. The standard InChI is InChI=1S/C14H20O.C12H16O.C12H18.C11H16O/c1-10-5-8-13(15-11-6-7-11)12(9-10)14(2,3)4;1-12(2,3)10-6-4-5-9-7-8-13-11(9)10;1-9-6-7-10(2)11(8-9)12(3,4)5;1-11(2,3)9-7-5-6-8-10(9)12-4/h5,8-9,11H,6-7H2,1-4H3;4-6H,7-8H2,1-3H3;6-8H,1-5H3;5-8H,1-4H3. The fourth-order valence-electron chi connectivity index (χ4n) is 6.31. The number of ether oxygens (including phenoxy) is 3. The summed E-state index contributed by atoms with van der Waals surface area (Å²) in [6.45, 7) is 34.0. The quantitative estimate of drug-likeness (QED) is 0.212. The highest BCUT2D eigenvalue weighted by atomic mass is 16.5. The zero-order chi connectivity index (χ0) is 39.1. The Kier molecular flexibility index (Phi) is 14.3. The Morgan fingerprint density at radius 3 is 1.56 bits per heavy atom. The van der Waals surface area contributed by atoms with E-state index in [1.807, 2.05) is 18.2 Å². The molecule has 284 valence electrons. The van der Waals surface area contributed by atoms with Gasteiger partial charge in [0, 0.05) is 6.42 Å². The Hall–Kier alpha value is -3.72. The molecular weight excluding hydrogens is 637 g/mol. The average Bonchev–Trinajstić information content (AvgIpc) is 3.73. The summed E-state index contributed by atoms with van der Waals surface area (Å²) in [5.41, 5.74) is 11.6. The Morgan fingerprint density at radius 1 is 0.538 bits per heavy atom. The lowest BCUT2D eigenvalue weighted by molar-refractivity contribution is 0.294. The Balaban J connectivity index is 0.000000188. The van der Waals surface area contributed by atoms with Gasteiger partial charge in [0.2, 0.25) is 0 Å². The van der Waals surface area contributed by atoms with Gasteiger partial charge in [0.1, 0.15) is 17.2 Å². The molecule has 3 heteroatoms. The van der Waals surface area contributed by atoms with Crippen LogP contribution >= 0.6 is 0 Å². The summed E-state index contributed by atoms with van der Waals surface area (Å²) in [6, 6.07) is 27.8. The van der Waals surface area contributed by atoms with Gasteiger partial charge in [-0.3, -0.25) is 0 Å². The van der Waals surface area contributed by atoms with Crippen molar-refractivity contribution in [3.63, 3.8) is 0 Å². The normalized spacial score (nSPS) is 13.9. The van der Waals surface area contributed by atoms with Crippen molar-refractivity contribution >= 4 is 0 Å². The van der Waals surface area contributed by atoms with Crippen molar-refractivity contribution in [1.29, 1.82) is 0 Å². The van der Waals surface area contributed by atoms with E-state index in [9.17, 15) is 0 Å². The molecule has 4 aromatic rings. The molecule has 1 aliphatic heterocycles. The summed E-state index contributed by atoms with van der Waals surface area (Å²) in [5, 5.41) is 0.